The van der Waals surface area contributed by atoms with Gasteiger partial charge >= 0.3 is 0 Å². The van der Waals surface area contributed by atoms with Crippen molar-refractivity contribution in [2.24, 2.45) is 7.05 Å². The molecule has 2 aliphatic heterocycles. The van der Waals surface area contributed by atoms with Crippen LogP contribution >= 0.6 is 0 Å². The predicted octanol–water partition coefficient (Wildman–Crippen LogP) is 2.07. The number of anilines is 1. The second kappa shape index (κ2) is 7.01. The van der Waals surface area contributed by atoms with Gasteiger partial charge in [-0.2, -0.15) is 5.10 Å². The summed E-state index contributed by atoms with van der Waals surface area (Å²) < 4.78 is 21.0. The number of nitrogens with zero attached hydrogens (tertiary/aromatic N) is 4. The van der Waals surface area contributed by atoms with Crippen LogP contribution in [0.5, 0.6) is 0 Å². The average Bonchev–Trinajstić information content (AvgIpc) is 2.97. The van der Waals surface area contributed by atoms with E-state index in [9.17, 15) is 14.0 Å². The summed E-state index contributed by atoms with van der Waals surface area (Å²) >= 11 is 0. The molecule has 0 bridgehead atoms. The third kappa shape index (κ3) is 3.17. The molecule has 0 unspecified atom stereocenters. The lowest BCUT2D eigenvalue weighted by Crippen LogP contribution is -2.52. The predicted molar refractivity (Wildman–Crippen MR) is 101 cm³/mol. The van der Waals surface area contributed by atoms with Crippen LogP contribution in [0.3, 0.4) is 0 Å². The van der Waals surface area contributed by atoms with Crippen LogP contribution in [0.1, 0.15) is 41.7 Å². The number of fused-ring (bicyclic) bond motifs is 1. The Kier molecular flexibility index (Phi) is 4.66. The Morgan fingerprint density at radius 2 is 2.07 bits per heavy atom. The van der Waals surface area contributed by atoms with Crippen LogP contribution < -0.4 is 4.90 Å². The van der Waals surface area contributed by atoms with Crippen LogP contribution in [0.15, 0.2) is 24.3 Å². The molecule has 2 atom stereocenters. The number of carbonyl (C=O) groups excluding carboxylic acids is 2. The first-order valence-electron chi connectivity index (χ1n) is 9.41. The summed E-state index contributed by atoms with van der Waals surface area (Å²) in [6.07, 6.45) is 0.486. The van der Waals surface area contributed by atoms with Crippen molar-refractivity contribution in [3.63, 3.8) is 0 Å². The van der Waals surface area contributed by atoms with Gasteiger partial charge in [0.1, 0.15) is 12.4 Å². The van der Waals surface area contributed by atoms with Crippen molar-refractivity contribution in [1.82, 2.24) is 14.7 Å². The number of amides is 2. The minimum Gasteiger partial charge on any atom is -0.369 e. The van der Waals surface area contributed by atoms with Crippen molar-refractivity contribution >= 4 is 17.5 Å². The van der Waals surface area contributed by atoms with Gasteiger partial charge in [0, 0.05) is 37.8 Å². The van der Waals surface area contributed by atoms with Crippen molar-refractivity contribution in [1.29, 1.82) is 0 Å². The summed E-state index contributed by atoms with van der Waals surface area (Å²) in [4.78, 5) is 28.8. The Bertz CT molecular complexity index is 942. The molecule has 7 nitrogen and oxygen atoms in total. The molecule has 0 spiro atoms. The number of rotatable bonds is 2. The maximum Gasteiger partial charge on any atom is 0.275 e. The smallest absolute Gasteiger partial charge is 0.275 e. The third-order valence-electron chi connectivity index (χ3n) is 5.34. The molecule has 1 aromatic heterocycles. The maximum atomic E-state index is 13.5. The molecule has 28 heavy (non-hydrogen) atoms. The fourth-order valence-corrected chi connectivity index (χ4v) is 4.12. The summed E-state index contributed by atoms with van der Waals surface area (Å²) in [5, 5.41) is 4.44. The third-order valence-corrected chi connectivity index (χ3v) is 5.34. The minimum absolute atomic E-state index is 0.00436. The first-order valence-corrected chi connectivity index (χ1v) is 9.41. The zero-order chi connectivity index (χ0) is 20.0. The average molecular weight is 386 g/mol. The second-order valence-corrected chi connectivity index (χ2v) is 7.38. The number of halogens is 1. The Hall–Kier alpha value is -2.74. The molecule has 0 aliphatic carbocycles. The van der Waals surface area contributed by atoms with E-state index in [2.05, 4.69) is 5.10 Å². The van der Waals surface area contributed by atoms with Crippen molar-refractivity contribution in [2.45, 2.75) is 32.5 Å². The molecule has 2 aromatic rings. The lowest BCUT2D eigenvalue weighted by molar-refractivity contribution is -0.120. The summed E-state index contributed by atoms with van der Waals surface area (Å²) in [5.74, 6) is -0.875. The van der Waals surface area contributed by atoms with Gasteiger partial charge in [0.25, 0.3) is 5.91 Å². The number of hydrogen-bond donors (Lipinski definition) is 0. The Morgan fingerprint density at radius 3 is 2.79 bits per heavy atom. The zero-order valence-corrected chi connectivity index (χ0v) is 16.2. The van der Waals surface area contributed by atoms with E-state index < -0.39 is 5.82 Å². The first kappa shape index (κ1) is 18.6. The Labute approximate surface area is 162 Å². The van der Waals surface area contributed by atoms with E-state index in [-0.39, 0.29) is 30.6 Å². The molecule has 0 saturated carbocycles. The van der Waals surface area contributed by atoms with Gasteiger partial charge in [0.15, 0.2) is 5.69 Å². The molecule has 2 aliphatic rings. The highest BCUT2D eigenvalue weighted by Gasteiger charge is 2.35. The number of piperazine rings is 1. The fraction of sp³-hybridized carbons (Fsp3) is 0.450. The van der Waals surface area contributed by atoms with Crippen molar-refractivity contribution in [2.75, 3.05) is 24.5 Å². The number of ether oxygens (including phenoxy) is 1. The topological polar surface area (TPSA) is 67.7 Å². The maximum absolute atomic E-state index is 13.5. The van der Waals surface area contributed by atoms with Gasteiger partial charge in [-0.15, -0.1) is 0 Å². The number of carbonyl (C=O) groups is 2. The standard InChI is InChI=1S/C20H23FN4O3/c1-12-9-16-18(22-23(3)19(16)13(2)28-12)20(27)24-7-8-25(17(26)11-24)15-6-4-5-14(21)10-15/h4-6,10,12-13H,7-9,11H2,1-3H3/t12-,13+/m1/s1. The van der Waals surface area contributed by atoms with E-state index in [0.717, 1.165) is 11.3 Å². The molecule has 0 radical (unpaired) electrons. The highest BCUT2D eigenvalue weighted by Crippen LogP contribution is 2.32. The summed E-state index contributed by atoms with van der Waals surface area (Å²) in [7, 11) is 1.80. The molecular weight excluding hydrogens is 363 g/mol. The van der Waals surface area contributed by atoms with E-state index in [1.165, 1.54) is 21.9 Å². The molecular formula is C20H23FN4O3. The molecule has 1 saturated heterocycles. The molecule has 148 valence electrons. The number of aryl methyl sites for hydroxylation is 1. The SMILES string of the molecule is C[C@@H]1Cc2c(C(=O)N3CCN(c4cccc(F)c4)C(=O)C3)nn(C)c2[C@H](C)O1. The Balaban J connectivity index is 1.55. The van der Waals surface area contributed by atoms with E-state index in [4.69, 9.17) is 4.74 Å². The molecule has 2 amide bonds. The van der Waals surface area contributed by atoms with Gasteiger partial charge in [-0.25, -0.2) is 4.39 Å². The van der Waals surface area contributed by atoms with Crippen molar-refractivity contribution in [3.05, 3.63) is 47.0 Å². The minimum atomic E-state index is -0.394. The van der Waals surface area contributed by atoms with Crippen LogP contribution in [-0.2, 0) is 23.0 Å². The number of benzene rings is 1. The van der Waals surface area contributed by atoms with Crippen LogP contribution in [0.4, 0.5) is 10.1 Å². The van der Waals surface area contributed by atoms with Gasteiger partial charge in [-0.3, -0.25) is 14.3 Å². The largest absolute Gasteiger partial charge is 0.369 e. The number of hydrogen-bond acceptors (Lipinski definition) is 4. The Morgan fingerprint density at radius 1 is 1.29 bits per heavy atom. The van der Waals surface area contributed by atoms with E-state index >= 15 is 0 Å². The second-order valence-electron chi connectivity index (χ2n) is 7.38. The van der Waals surface area contributed by atoms with Gasteiger partial charge in [0.2, 0.25) is 5.91 Å². The fourth-order valence-electron chi connectivity index (χ4n) is 4.12. The lowest BCUT2D eigenvalue weighted by Gasteiger charge is -2.34. The van der Waals surface area contributed by atoms with Crippen molar-refractivity contribution < 1.29 is 18.7 Å². The van der Waals surface area contributed by atoms with Crippen LogP contribution in [0.25, 0.3) is 0 Å². The molecule has 1 fully saturated rings. The monoisotopic (exact) mass is 386 g/mol. The quantitative estimate of drug-likeness (QED) is 0.793. The van der Waals surface area contributed by atoms with E-state index in [0.29, 0.717) is 30.9 Å². The summed E-state index contributed by atoms with van der Waals surface area (Å²) in [6, 6.07) is 5.92. The van der Waals surface area contributed by atoms with Crippen LogP contribution in [0, 0.1) is 5.82 Å². The molecule has 0 N–H and O–H groups in total. The van der Waals surface area contributed by atoms with Gasteiger partial charge in [-0.1, -0.05) is 6.07 Å². The molecule has 3 heterocycles. The van der Waals surface area contributed by atoms with E-state index in [1.54, 1.807) is 23.9 Å². The highest BCUT2D eigenvalue weighted by molar-refractivity contribution is 6.01. The van der Waals surface area contributed by atoms with Crippen LogP contribution in [-0.4, -0.2) is 52.2 Å². The number of aromatic nitrogens is 2. The van der Waals surface area contributed by atoms with Gasteiger partial charge in [0.05, 0.1) is 17.9 Å². The molecule has 8 heteroatoms. The molecule has 4 rings (SSSR count). The van der Waals surface area contributed by atoms with Crippen molar-refractivity contribution in [3.8, 4) is 0 Å². The first-order chi connectivity index (χ1) is 13.3. The van der Waals surface area contributed by atoms with E-state index in [1.807, 2.05) is 13.8 Å². The van der Waals surface area contributed by atoms with Gasteiger partial charge < -0.3 is 14.5 Å². The zero-order valence-electron chi connectivity index (χ0n) is 16.2. The normalized spacial score (nSPS) is 22.4. The highest BCUT2D eigenvalue weighted by atomic mass is 19.1. The summed E-state index contributed by atoms with van der Waals surface area (Å²) in [5.41, 5.74) is 2.71. The van der Waals surface area contributed by atoms with Gasteiger partial charge in [-0.05, 0) is 32.0 Å². The lowest BCUT2D eigenvalue weighted by atomic mass is 9.99. The molecule has 1 aromatic carbocycles. The van der Waals surface area contributed by atoms with Crippen LogP contribution in [0.2, 0.25) is 0 Å². The summed E-state index contributed by atoms with van der Waals surface area (Å²) in [6.45, 7) is 4.56.